The summed E-state index contributed by atoms with van der Waals surface area (Å²) in [5.41, 5.74) is 6.13. The van der Waals surface area contributed by atoms with E-state index in [1.807, 2.05) is 18.3 Å². The van der Waals surface area contributed by atoms with Crippen LogP contribution in [0.5, 0.6) is 0 Å². The van der Waals surface area contributed by atoms with Crippen LogP contribution in [0.1, 0.15) is 11.3 Å². The number of anilines is 1. The Kier molecular flexibility index (Phi) is 5.13. The minimum Gasteiger partial charge on any atom is -0.352 e. The number of rotatable bonds is 4. The highest BCUT2D eigenvalue weighted by Crippen LogP contribution is 2.32. The molecule has 3 aromatic rings. The van der Waals surface area contributed by atoms with E-state index >= 15 is 0 Å². The van der Waals surface area contributed by atoms with E-state index in [4.69, 9.17) is 5.10 Å². The molecule has 1 aromatic carbocycles. The topological polar surface area (TPSA) is 34.0 Å². The molecule has 148 valence electrons. The summed E-state index contributed by atoms with van der Waals surface area (Å²) in [6.07, 6.45) is 17.5. The first kappa shape index (κ1) is 18.4. The molecular formula is C26H24N4. The molecule has 30 heavy (non-hydrogen) atoms. The van der Waals surface area contributed by atoms with Crippen LogP contribution in [0, 0.1) is 0 Å². The second kappa shape index (κ2) is 8.37. The van der Waals surface area contributed by atoms with Crippen molar-refractivity contribution < 1.29 is 0 Å². The summed E-state index contributed by atoms with van der Waals surface area (Å²) in [5, 5.41) is 5.09. The Morgan fingerprint density at radius 3 is 2.57 bits per heavy atom. The minimum atomic E-state index is 0.771. The standard InChI is InChI=1S/C26H24N4/c1-2-5-11-21(12-6-3-1)19-30-24-16-18-29(25-15-9-10-17-27-25)20-23(24)26(28-30)22-13-7-4-8-14-22/h1-15,17H,16,18-20H2/b2-1-,3-1?,5-2?,6-3-,11-5-,12-6?,21-11?,21-12+. The first-order valence-corrected chi connectivity index (χ1v) is 10.4. The van der Waals surface area contributed by atoms with Gasteiger partial charge in [-0.3, -0.25) is 4.68 Å². The highest BCUT2D eigenvalue weighted by Gasteiger charge is 2.26. The van der Waals surface area contributed by atoms with Crippen molar-refractivity contribution in [3.63, 3.8) is 0 Å². The lowest BCUT2D eigenvalue weighted by atomic mass is 10.0. The fourth-order valence-corrected chi connectivity index (χ4v) is 4.07. The number of aromatic nitrogens is 3. The second-order valence-corrected chi connectivity index (χ2v) is 7.53. The van der Waals surface area contributed by atoms with E-state index in [-0.39, 0.29) is 0 Å². The molecule has 5 rings (SSSR count). The van der Waals surface area contributed by atoms with Gasteiger partial charge in [-0.2, -0.15) is 5.10 Å². The Morgan fingerprint density at radius 1 is 0.867 bits per heavy atom. The molecule has 1 aliphatic heterocycles. The predicted molar refractivity (Wildman–Crippen MR) is 122 cm³/mol. The van der Waals surface area contributed by atoms with Gasteiger partial charge in [0.2, 0.25) is 0 Å². The summed E-state index contributed by atoms with van der Waals surface area (Å²) in [7, 11) is 0. The lowest BCUT2D eigenvalue weighted by molar-refractivity contribution is 0.613. The molecule has 2 aromatic heterocycles. The van der Waals surface area contributed by atoms with E-state index in [0.29, 0.717) is 0 Å². The van der Waals surface area contributed by atoms with Crippen LogP contribution >= 0.6 is 0 Å². The van der Waals surface area contributed by atoms with Crippen molar-refractivity contribution >= 4 is 5.82 Å². The number of fused-ring (bicyclic) bond motifs is 1. The number of hydrogen-bond acceptors (Lipinski definition) is 3. The maximum absolute atomic E-state index is 5.09. The van der Waals surface area contributed by atoms with Crippen LogP contribution in [0.2, 0.25) is 0 Å². The van der Waals surface area contributed by atoms with Crippen molar-refractivity contribution in [1.29, 1.82) is 0 Å². The van der Waals surface area contributed by atoms with Crippen molar-refractivity contribution in [3.05, 3.63) is 114 Å². The van der Waals surface area contributed by atoms with Crippen LogP contribution in [0.3, 0.4) is 0 Å². The van der Waals surface area contributed by atoms with Crippen LogP contribution < -0.4 is 4.90 Å². The van der Waals surface area contributed by atoms with E-state index < -0.39 is 0 Å². The third kappa shape index (κ3) is 3.77. The van der Waals surface area contributed by atoms with E-state index in [9.17, 15) is 0 Å². The molecule has 4 nitrogen and oxygen atoms in total. The van der Waals surface area contributed by atoms with Gasteiger partial charge in [-0.1, -0.05) is 78.9 Å². The van der Waals surface area contributed by atoms with Crippen molar-refractivity contribution in [2.75, 3.05) is 11.4 Å². The molecule has 0 saturated heterocycles. The number of nitrogens with zero attached hydrogens (tertiary/aromatic N) is 4. The Morgan fingerprint density at radius 2 is 1.70 bits per heavy atom. The molecule has 0 unspecified atom stereocenters. The summed E-state index contributed by atoms with van der Waals surface area (Å²) in [5.74, 6) is 1.03. The van der Waals surface area contributed by atoms with E-state index in [1.54, 1.807) is 0 Å². The number of hydrogen-bond donors (Lipinski definition) is 0. The third-order valence-corrected chi connectivity index (χ3v) is 5.55. The number of pyridine rings is 1. The van der Waals surface area contributed by atoms with Crippen LogP contribution in [0.15, 0.2) is 103 Å². The average Bonchev–Trinajstić information content (AvgIpc) is 3.14. The van der Waals surface area contributed by atoms with Gasteiger partial charge in [0.05, 0.1) is 12.2 Å². The zero-order chi connectivity index (χ0) is 20.2. The molecule has 1 aliphatic carbocycles. The van der Waals surface area contributed by atoms with Crippen molar-refractivity contribution in [3.8, 4) is 11.3 Å². The quantitative estimate of drug-likeness (QED) is 0.618. The molecule has 3 heterocycles. The van der Waals surface area contributed by atoms with E-state index in [1.165, 1.54) is 22.4 Å². The molecule has 0 radical (unpaired) electrons. The summed E-state index contributed by atoms with van der Waals surface area (Å²) in [6.45, 7) is 2.54. The Hall–Kier alpha value is -3.66. The first-order chi connectivity index (χ1) is 14.9. The van der Waals surface area contributed by atoms with Crippen LogP contribution in [-0.4, -0.2) is 21.3 Å². The Labute approximate surface area is 177 Å². The minimum absolute atomic E-state index is 0.771. The maximum Gasteiger partial charge on any atom is 0.128 e. The van der Waals surface area contributed by atoms with Gasteiger partial charge in [0, 0.05) is 42.5 Å². The second-order valence-electron chi connectivity index (χ2n) is 7.53. The van der Waals surface area contributed by atoms with Crippen LogP contribution in [0.4, 0.5) is 5.82 Å². The van der Waals surface area contributed by atoms with Gasteiger partial charge in [0.1, 0.15) is 5.82 Å². The summed E-state index contributed by atoms with van der Waals surface area (Å²) >= 11 is 0. The van der Waals surface area contributed by atoms with Gasteiger partial charge in [-0.15, -0.1) is 0 Å². The Bertz CT molecular complexity index is 1130. The number of allylic oxidation sites excluding steroid dienone is 8. The molecule has 2 aliphatic rings. The molecule has 0 saturated carbocycles. The van der Waals surface area contributed by atoms with Crippen LogP contribution in [-0.2, 0) is 19.5 Å². The van der Waals surface area contributed by atoms with Crippen molar-refractivity contribution in [2.45, 2.75) is 19.5 Å². The van der Waals surface area contributed by atoms with Crippen molar-refractivity contribution in [2.24, 2.45) is 0 Å². The Balaban J connectivity index is 1.53. The fraction of sp³-hybridized carbons (Fsp3) is 0.154. The average molecular weight is 393 g/mol. The smallest absolute Gasteiger partial charge is 0.128 e. The zero-order valence-electron chi connectivity index (χ0n) is 16.9. The van der Waals surface area contributed by atoms with Crippen molar-refractivity contribution in [1.82, 2.24) is 14.8 Å². The van der Waals surface area contributed by atoms with E-state index in [0.717, 1.165) is 37.6 Å². The molecule has 0 fully saturated rings. The highest BCUT2D eigenvalue weighted by molar-refractivity contribution is 5.65. The molecule has 0 atom stereocenters. The lowest BCUT2D eigenvalue weighted by Gasteiger charge is -2.29. The first-order valence-electron chi connectivity index (χ1n) is 10.4. The molecule has 4 heteroatoms. The predicted octanol–water partition coefficient (Wildman–Crippen LogP) is 5.12. The summed E-state index contributed by atoms with van der Waals surface area (Å²) in [4.78, 5) is 6.91. The van der Waals surface area contributed by atoms with Gasteiger partial charge in [0.15, 0.2) is 0 Å². The molecule has 0 amide bonds. The lowest BCUT2D eigenvalue weighted by Crippen LogP contribution is -2.31. The molecular weight excluding hydrogens is 368 g/mol. The molecule has 0 spiro atoms. The monoisotopic (exact) mass is 392 g/mol. The molecule has 0 N–H and O–H groups in total. The van der Waals surface area contributed by atoms with Crippen LogP contribution in [0.25, 0.3) is 11.3 Å². The third-order valence-electron chi connectivity index (χ3n) is 5.55. The van der Waals surface area contributed by atoms with Gasteiger partial charge in [-0.05, 0) is 17.7 Å². The largest absolute Gasteiger partial charge is 0.352 e. The fourth-order valence-electron chi connectivity index (χ4n) is 4.07. The SMILES string of the molecule is C1=C\C=C/C(Cn2nc(-c3ccccc3)c3c2CCN(c2ccccn2)C3)=C\C=C/1. The summed E-state index contributed by atoms with van der Waals surface area (Å²) < 4.78 is 2.20. The zero-order valence-corrected chi connectivity index (χ0v) is 16.9. The maximum atomic E-state index is 5.09. The van der Waals surface area contributed by atoms with Gasteiger partial charge in [0.25, 0.3) is 0 Å². The number of benzene rings is 1. The summed E-state index contributed by atoms with van der Waals surface area (Å²) in [6, 6.07) is 16.6. The van der Waals surface area contributed by atoms with Gasteiger partial charge in [-0.25, -0.2) is 4.98 Å². The normalized spacial score (nSPS) is 20.4. The van der Waals surface area contributed by atoms with Gasteiger partial charge < -0.3 is 4.90 Å². The molecule has 0 bridgehead atoms. The highest BCUT2D eigenvalue weighted by atomic mass is 15.3. The van der Waals surface area contributed by atoms with E-state index in [2.05, 4.69) is 93.5 Å². The van der Waals surface area contributed by atoms with Gasteiger partial charge >= 0.3 is 0 Å².